The minimum atomic E-state index is 0.620. The molecule has 0 aromatic heterocycles. The van der Waals surface area contributed by atoms with Crippen molar-refractivity contribution in [3.8, 4) is 0 Å². The Morgan fingerprint density at radius 3 is 2.60 bits per heavy atom. The van der Waals surface area contributed by atoms with Crippen LogP contribution in [0.4, 0.5) is 0 Å². The maximum absolute atomic E-state index is 4.45. The number of benzene rings is 1. The fourth-order valence-electron chi connectivity index (χ4n) is 3.32. The molecule has 1 aliphatic carbocycles. The van der Waals surface area contributed by atoms with Crippen LogP contribution in [0.25, 0.3) is 0 Å². The highest BCUT2D eigenvalue weighted by Gasteiger charge is 2.43. The number of rotatable bonds is 2. The summed E-state index contributed by atoms with van der Waals surface area (Å²) in [6.07, 6.45) is 5.57. The summed E-state index contributed by atoms with van der Waals surface area (Å²) in [6, 6.07) is 8.45. The van der Waals surface area contributed by atoms with Gasteiger partial charge in [0.1, 0.15) is 0 Å². The van der Waals surface area contributed by atoms with Gasteiger partial charge in [-0.1, -0.05) is 34.5 Å². The fourth-order valence-corrected chi connectivity index (χ4v) is 3.58. The summed E-state index contributed by atoms with van der Waals surface area (Å²) >= 11 is 3.47. The van der Waals surface area contributed by atoms with Crippen molar-refractivity contribution >= 4 is 21.9 Å². The number of hydrogen-bond donors (Lipinski definition) is 1. The lowest BCUT2D eigenvalue weighted by molar-refractivity contribution is 0.151. The summed E-state index contributed by atoms with van der Waals surface area (Å²) in [5.41, 5.74) is 1.90. The first-order valence-electron chi connectivity index (χ1n) is 7.41. The first-order valence-corrected chi connectivity index (χ1v) is 8.20. The zero-order valence-electron chi connectivity index (χ0n) is 12.0. The largest absolute Gasteiger partial charge is 0.352 e. The first-order chi connectivity index (χ1) is 9.71. The maximum atomic E-state index is 4.45. The summed E-state index contributed by atoms with van der Waals surface area (Å²) in [5, 5.41) is 3.49. The minimum absolute atomic E-state index is 0.620. The second kappa shape index (κ2) is 5.76. The third-order valence-electron chi connectivity index (χ3n) is 4.73. The number of likely N-dealkylation sites (tertiary alicyclic amines) is 1. The lowest BCUT2D eigenvalue weighted by Crippen LogP contribution is -2.42. The molecule has 0 unspecified atom stereocenters. The van der Waals surface area contributed by atoms with E-state index in [9.17, 15) is 0 Å². The van der Waals surface area contributed by atoms with Gasteiger partial charge >= 0.3 is 0 Å². The van der Waals surface area contributed by atoms with E-state index in [4.69, 9.17) is 0 Å². The second-order valence-corrected chi connectivity index (χ2v) is 6.97. The first kappa shape index (κ1) is 13.9. The molecular weight excluding hydrogens is 314 g/mol. The molecule has 1 aromatic rings. The van der Waals surface area contributed by atoms with Gasteiger partial charge in [0.05, 0.1) is 0 Å². The molecule has 2 aliphatic rings. The van der Waals surface area contributed by atoms with E-state index in [1.165, 1.54) is 37.8 Å². The minimum Gasteiger partial charge on any atom is -0.352 e. The predicted octanol–water partition coefficient (Wildman–Crippen LogP) is 3.40. The Kier molecular flexibility index (Phi) is 4.01. The van der Waals surface area contributed by atoms with E-state index in [1.807, 2.05) is 7.05 Å². The number of hydrogen-bond acceptors (Lipinski definition) is 1. The van der Waals surface area contributed by atoms with E-state index < -0.39 is 0 Å². The van der Waals surface area contributed by atoms with Crippen LogP contribution in [0.1, 0.15) is 31.2 Å². The van der Waals surface area contributed by atoms with E-state index in [0.717, 1.165) is 23.5 Å². The molecule has 3 nitrogen and oxygen atoms in total. The molecule has 1 saturated carbocycles. The Morgan fingerprint density at radius 2 is 2.05 bits per heavy atom. The SMILES string of the molecule is CN=C(NCc1ccc(Br)cc1)N1CCC2(CCC2)C1. The molecular formula is C16H22BrN3. The summed E-state index contributed by atoms with van der Waals surface area (Å²) in [6.45, 7) is 3.18. The highest BCUT2D eigenvalue weighted by Crippen LogP contribution is 2.47. The quantitative estimate of drug-likeness (QED) is 0.662. The average molecular weight is 336 g/mol. The van der Waals surface area contributed by atoms with Gasteiger partial charge in [0.2, 0.25) is 0 Å². The van der Waals surface area contributed by atoms with Gasteiger partial charge in [0.15, 0.2) is 5.96 Å². The topological polar surface area (TPSA) is 27.6 Å². The molecule has 3 rings (SSSR count). The van der Waals surface area contributed by atoms with Gasteiger partial charge in [-0.05, 0) is 42.4 Å². The van der Waals surface area contributed by atoms with Crippen LogP contribution in [0.15, 0.2) is 33.7 Å². The molecule has 2 fully saturated rings. The number of halogens is 1. The molecule has 20 heavy (non-hydrogen) atoms. The van der Waals surface area contributed by atoms with Crippen molar-refractivity contribution in [1.82, 2.24) is 10.2 Å². The molecule has 1 aliphatic heterocycles. The zero-order valence-corrected chi connectivity index (χ0v) is 13.6. The van der Waals surface area contributed by atoms with Crippen LogP contribution in [0.3, 0.4) is 0 Å². The lowest BCUT2D eigenvalue weighted by atomic mass is 9.68. The Balaban J connectivity index is 1.56. The van der Waals surface area contributed by atoms with Gasteiger partial charge in [0, 0.05) is 31.2 Å². The van der Waals surface area contributed by atoms with Crippen molar-refractivity contribution in [2.75, 3.05) is 20.1 Å². The van der Waals surface area contributed by atoms with Crippen LogP contribution in [0, 0.1) is 5.41 Å². The van der Waals surface area contributed by atoms with Gasteiger partial charge in [-0.2, -0.15) is 0 Å². The van der Waals surface area contributed by atoms with Crippen LogP contribution < -0.4 is 5.32 Å². The fraction of sp³-hybridized carbons (Fsp3) is 0.562. The van der Waals surface area contributed by atoms with Crippen molar-refractivity contribution in [1.29, 1.82) is 0 Å². The normalized spacial score (nSPS) is 21.1. The molecule has 1 saturated heterocycles. The molecule has 4 heteroatoms. The molecule has 1 heterocycles. The Bertz CT molecular complexity index is 491. The van der Waals surface area contributed by atoms with Crippen molar-refractivity contribution in [3.63, 3.8) is 0 Å². The second-order valence-electron chi connectivity index (χ2n) is 6.05. The van der Waals surface area contributed by atoms with Crippen molar-refractivity contribution in [2.24, 2.45) is 10.4 Å². The molecule has 0 amide bonds. The molecule has 1 spiro atoms. The van der Waals surface area contributed by atoms with Gasteiger partial charge in [-0.25, -0.2) is 0 Å². The van der Waals surface area contributed by atoms with E-state index in [1.54, 1.807) is 0 Å². The highest BCUT2D eigenvalue weighted by atomic mass is 79.9. The van der Waals surface area contributed by atoms with Crippen molar-refractivity contribution in [3.05, 3.63) is 34.3 Å². The standard InChI is InChI=1S/C16H22BrN3/c1-18-15(19-11-13-3-5-14(17)6-4-13)20-10-9-16(12-20)7-2-8-16/h3-6H,2,7-12H2,1H3,(H,18,19). The summed E-state index contributed by atoms with van der Waals surface area (Å²) in [4.78, 5) is 6.88. The predicted molar refractivity (Wildman–Crippen MR) is 86.8 cm³/mol. The Morgan fingerprint density at radius 1 is 1.30 bits per heavy atom. The van der Waals surface area contributed by atoms with E-state index in [2.05, 4.69) is 55.4 Å². The van der Waals surface area contributed by atoms with Crippen molar-refractivity contribution in [2.45, 2.75) is 32.2 Å². The summed E-state index contributed by atoms with van der Waals surface area (Å²) in [5.74, 6) is 1.05. The average Bonchev–Trinajstić information content (AvgIpc) is 2.87. The third-order valence-corrected chi connectivity index (χ3v) is 5.26. The Labute approximate surface area is 129 Å². The van der Waals surface area contributed by atoms with Crippen LogP contribution in [0.5, 0.6) is 0 Å². The molecule has 0 bridgehead atoms. The van der Waals surface area contributed by atoms with Gasteiger partial charge in [0.25, 0.3) is 0 Å². The third kappa shape index (κ3) is 2.85. The molecule has 0 atom stereocenters. The summed E-state index contributed by atoms with van der Waals surface area (Å²) in [7, 11) is 1.88. The van der Waals surface area contributed by atoms with E-state index >= 15 is 0 Å². The monoisotopic (exact) mass is 335 g/mol. The van der Waals surface area contributed by atoms with E-state index in [0.29, 0.717) is 5.41 Å². The molecule has 1 aromatic carbocycles. The van der Waals surface area contributed by atoms with Gasteiger partial charge in [-0.3, -0.25) is 4.99 Å². The number of nitrogens with zero attached hydrogens (tertiary/aromatic N) is 2. The van der Waals surface area contributed by atoms with Gasteiger partial charge in [-0.15, -0.1) is 0 Å². The van der Waals surface area contributed by atoms with Crippen LogP contribution >= 0.6 is 15.9 Å². The zero-order chi connectivity index (χ0) is 14.0. The molecule has 0 radical (unpaired) electrons. The van der Waals surface area contributed by atoms with Crippen LogP contribution in [0.2, 0.25) is 0 Å². The molecule has 1 N–H and O–H groups in total. The van der Waals surface area contributed by atoms with Crippen LogP contribution in [-0.2, 0) is 6.54 Å². The van der Waals surface area contributed by atoms with E-state index in [-0.39, 0.29) is 0 Å². The number of aliphatic imine (C=N–C) groups is 1. The smallest absolute Gasteiger partial charge is 0.193 e. The number of nitrogens with one attached hydrogen (secondary N) is 1. The highest BCUT2D eigenvalue weighted by molar-refractivity contribution is 9.10. The van der Waals surface area contributed by atoms with Crippen LogP contribution in [-0.4, -0.2) is 31.0 Å². The lowest BCUT2D eigenvalue weighted by Gasteiger charge is -2.38. The van der Waals surface area contributed by atoms with Crippen molar-refractivity contribution < 1.29 is 0 Å². The number of guanidine groups is 1. The maximum Gasteiger partial charge on any atom is 0.193 e. The Hall–Kier alpha value is -1.03. The van der Waals surface area contributed by atoms with Gasteiger partial charge < -0.3 is 10.2 Å². The molecule has 108 valence electrons. The summed E-state index contributed by atoms with van der Waals surface area (Å²) < 4.78 is 1.12.